The predicted molar refractivity (Wildman–Crippen MR) is 105 cm³/mol. The van der Waals surface area contributed by atoms with Crippen LogP contribution in [0.4, 0.5) is 0 Å². The van der Waals surface area contributed by atoms with Crippen LogP contribution < -0.4 is 0 Å². The van der Waals surface area contributed by atoms with Gasteiger partial charge in [0.1, 0.15) is 0 Å². The molecule has 3 heterocycles. The van der Waals surface area contributed by atoms with Gasteiger partial charge in [-0.15, -0.1) is 0 Å². The molecule has 0 aliphatic carbocycles. The topological polar surface area (TPSA) is 15.7 Å². The number of hydrogen-bond acceptors (Lipinski definition) is 3. The van der Waals surface area contributed by atoms with E-state index in [9.17, 15) is 0 Å². The Morgan fingerprint density at radius 3 is 2.77 bits per heavy atom. The summed E-state index contributed by atoms with van der Waals surface area (Å²) in [5, 5.41) is 2.13. The van der Waals surface area contributed by atoms with E-state index in [0.717, 1.165) is 6.54 Å². The maximum Gasteiger partial charge on any atom is 0.0821 e. The Bertz CT molecular complexity index is 833. The molecule has 0 amide bonds. The quantitative estimate of drug-likeness (QED) is 0.768. The Hall–Kier alpha value is -1.68. The monoisotopic (exact) mass is 348 g/mol. The van der Waals surface area contributed by atoms with E-state index in [4.69, 9.17) is 4.84 Å². The van der Waals surface area contributed by atoms with Crippen LogP contribution in [-0.2, 0) is 11.3 Å². The fraction of sp³-hybridized carbons (Fsp3) is 0.478. The summed E-state index contributed by atoms with van der Waals surface area (Å²) in [5.41, 5.74) is 7.08. The van der Waals surface area contributed by atoms with E-state index in [-0.39, 0.29) is 0 Å². The Morgan fingerprint density at radius 1 is 1.08 bits per heavy atom. The average Bonchev–Trinajstić information content (AvgIpc) is 2.93. The maximum atomic E-state index is 6.02. The van der Waals surface area contributed by atoms with Crippen molar-refractivity contribution in [2.75, 3.05) is 20.1 Å². The maximum absolute atomic E-state index is 6.02. The van der Waals surface area contributed by atoms with Gasteiger partial charge in [-0.05, 0) is 55.0 Å². The highest BCUT2D eigenvalue weighted by Gasteiger charge is 2.47. The Morgan fingerprint density at radius 2 is 1.92 bits per heavy atom. The first kappa shape index (κ1) is 16.5. The van der Waals surface area contributed by atoms with E-state index in [2.05, 4.69) is 73.3 Å². The highest BCUT2D eigenvalue weighted by molar-refractivity contribution is 5.66. The molecule has 0 bridgehead atoms. The van der Waals surface area contributed by atoms with E-state index in [1.807, 2.05) is 0 Å². The first-order valence-electron chi connectivity index (χ1n) is 9.93. The minimum atomic E-state index is 0.339. The molecule has 3 nitrogen and oxygen atoms in total. The minimum absolute atomic E-state index is 0.339. The van der Waals surface area contributed by atoms with Gasteiger partial charge in [0.2, 0.25) is 0 Å². The molecular formula is C23H28N2O. The zero-order valence-electron chi connectivity index (χ0n) is 16.0. The molecule has 2 saturated heterocycles. The molecule has 0 unspecified atom stereocenters. The summed E-state index contributed by atoms with van der Waals surface area (Å²) in [5.74, 6) is 0.637. The third-order valence-electron chi connectivity index (χ3n) is 6.77. The van der Waals surface area contributed by atoms with Crippen LogP contribution >= 0.6 is 0 Å². The standard InChI is InChI=1S/C23H28N2O/c1-15-5-4-6-18(11-15)19-8-7-17-9-10-25-14-21-16(2)26-24(3)22(21)13-23(25)20(17)12-19/h4-8,11-12,16,21-23H,9-10,13-14H2,1-3H3/t16-,21-,22-,23-/m0/s1. The van der Waals surface area contributed by atoms with Crippen molar-refractivity contribution in [1.29, 1.82) is 0 Å². The molecule has 26 heavy (non-hydrogen) atoms. The van der Waals surface area contributed by atoms with E-state index in [1.165, 1.54) is 41.6 Å². The lowest BCUT2D eigenvalue weighted by Crippen LogP contribution is -2.50. The molecular weight excluding hydrogens is 320 g/mol. The van der Waals surface area contributed by atoms with Gasteiger partial charge in [0.15, 0.2) is 0 Å². The highest BCUT2D eigenvalue weighted by Crippen LogP contribution is 2.44. The summed E-state index contributed by atoms with van der Waals surface area (Å²) in [6.07, 6.45) is 2.68. The van der Waals surface area contributed by atoms with Crippen LogP contribution in [0.1, 0.15) is 36.1 Å². The summed E-state index contributed by atoms with van der Waals surface area (Å²) in [4.78, 5) is 8.73. The number of rotatable bonds is 1. The van der Waals surface area contributed by atoms with E-state index >= 15 is 0 Å². The number of piperidine rings is 1. The molecule has 0 saturated carbocycles. The highest BCUT2D eigenvalue weighted by atomic mass is 16.7. The van der Waals surface area contributed by atoms with Crippen LogP contribution in [0.5, 0.6) is 0 Å². The summed E-state index contributed by atoms with van der Waals surface area (Å²) >= 11 is 0. The number of aryl methyl sites for hydroxylation is 1. The van der Waals surface area contributed by atoms with Crippen molar-refractivity contribution in [1.82, 2.24) is 9.96 Å². The second-order valence-electron chi connectivity index (χ2n) is 8.37. The SMILES string of the molecule is Cc1cccc(-c2ccc3c(c2)[C@@H]2C[C@H]4[C@@H](CN2CC3)[C@H](C)ON4C)c1. The van der Waals surface area contributed by atoms with Crippen molar-refractivity contribution >= 4 is 0 Å². The van der Waals surface area contributed by atoms with Gasteiger partial charge in [-0.25, -0.2) is 0 Å². The minimum Gasteiger partial charge on any atom is -0.296 e. The number of fused-ring (bicyclic) bond motifs is 4. The Kier molecular flexibility index (Phi) is 3.93. The largest absolute Gasteiger partial charge is 0.296 e. The van der Waals surface area contributed by atoms with Crippen LogP contribution in [0.25, 0.3) is 11.1 Å². The lowest BCUT2D eigenvalue weighted by Gasteiger charge is -2.46. The van der Waals surface area contributed by atoms with Crippen LogP contribution in [0.3, 0.4) is 0 Å². The van der Waals surface area contributed by atoms with Gasteiger partial charge in [-0.3, -0.25) is 9.74 Å². The van der Waals surface area contributed by atoms with Gasteiger partial charge in [0.25, 0.3) is 0 Å². The Balaban J connectivity index is 1.51. The van der Waals surface area contributed by atoms with Crippen LogP contribution in [0.2, 0.25) is 0 Å². The first-order valence-corrected chi connectivity index (χ1v) is 9.93. The number of benzene rings is 2. The summed E-state index contributed by atoms with van der Waals surface area (Å²) in [6.45, 7) is 6.74. The number of hydrogen-bond donors (Lipinski definition) is 0. The molecule has 2 aromatic carbocycles. The molecule has 0 spiro atoms. The van der Waals surface area contributed by atoms with Crippen molar-refractivity contribution in [3.8, 4) is 11.1 Å². The molecule has 136 valence electrons. The average molecular weight is 348 g/mol. The number of hydroxylamine groups is 2. The summed E-state index contributed by atoms with van der Waals surface area (Å²) in [6, 6.07) is 17.1. The third kappa shape index (κ3) is 2.61. The Labute approximate surface area is 156 Å². The molecule has 3 heteroatoms. The fourth-order valence-electron chi connectivity index (χ4n) is 5.34. The van der Waals surface area contributed by atoms with Crippen molar-refractivity contribution in [2.45, 2.75) is 44.9 Å². The molecule has 2 fully saturated rings. The van der Waals surface area contributed by atoms with Gasteiger partial charge in [0, 0.05) is 38.1 Å². The van der Waals surface area contributed by atoms with Crippen molar-refractivity contribution < 1.29 is 4.84 Å². The van der Waals surface area contributed by atoms with Crippen molar-refractivity contribution in [3.63, 3.8) is 0 Å². The first-order chi connectivity index (χ1) is 12.6. The predicted octanol–water partition coefficient (Wildman–Crippen LogP) is 4.22. The van der Waals surface area contributed by atoms with Crippen molar-refractivity contribution in [3.05, 3.63) is 59.2 Å². The molecule has 5 rings (SSSR count). The second-order valence-corrected chi connectivity index (χ2v) is 8.37. The fourth-order valence-corrected chi connectivity index (χ4v) is 5.34. The zero-order valence-corrected chi connectivity index (χ0v) is 16.0. The zero-order chi connectivity index (χ0) is 17.8. The molecule has 0 N–H and O–H groups in total. The lowest BCUT2D eigenvalue weighted by atomic mass is 9.79. The van der Waals surface area contributed by atoms with Crippen LogP contribution in [0.15, 0.2) is 42.5 Å². The van der Waals surface area contributed by atoms with E-state index < -0.39 is 0 Å². The van der Waals surface area contributed by atoms with Gasteiger partial charge in [-0.1, -0.05) is 42.0 Å². The van der Waals surface area contributed by atoms with Gasteiger partial charge < -0.3 is 0 Å². The van der Waals surface area contributed by atoms with E-state index in [0.29, 0.717) is 24.1 Å². The summed E-state index contributed by atoms with van der Waals surface area (Å²) < 4.78 is 0. The molecule has 2 aromatic rings. The molecule has 0 radical (unpaired) electrons. The third-order valence-corrected chi connectivity index (χ3v) is 6.77. The summed E-state index contributed by atoms with van der Waals surface area (Å²) in [7, 11) is 2.11. The molecule has 0 aromatic heterocycles. The van der Waals surface area contributed by atoms with E-state index in [1.54, 1.807) is 5.56 Å². The second kappa shape index (κ2) is 6.19. The van der Waals surface area contributed by atoms with Gasteiger partial charge >= 0.3 is 0 Å². The molecule has 3 aliphatic rings. The molecule has 3 aliphatic heterocycles. The van der Waals surface area contributed by atoms with Crippen LogP contribution in [-0.4, -0.2) is 42.2 Å². The smallest absolute Gasteiger partial charge is 0.0821 e. The van der Waals surface area contributed by atoms with Crippen molar-refractivity contribution in [2.24, 2.45) is 5.92 Å². The number of nitrogens with zero attached hydrogens (tertiary/aromatic N) is 2. The van der Waals surface area contributed by atoms with Crippen LogP contribution in [0, 0.1) is 12.8 Å². The lowest BCUT2D eigenvalue weighted by molar-refractivity contribution is -0.140. The van der Waals surface area contributed by atoms with Gasteiger partial charge in [0.05, 0.1) is 6.10 Å². The van der Waals surface area contributed by atoms with Gasteiger partial charge in [-0.2, -0.15) is 5.06 Å². The normalized spacial score (nSPS) is 31.3. The molecule has 4 atom stereocenters.